The number of ether oxygens (including phenoxy) is 1. The molecule has 0 bridgehead atoms. The molecule has 1 aromatic carbocycles. The van der Waals surface area contributed by atoms with Gasteiger partial charge in [-0.3, -0.25) is 0 Å². The van der Waals surface area contributed by atoms with Crippen LogP contribution < -0.4 is 4.72 Å². The molecule has 1 aliphatic rings. The van der Waals surface area contributed by atoms with Gasteiger partial charge in [0.1, 0.15) is 0 Å². The Bertz CT molecular complexity index is 641. The van der Waals surface area contributed by atoms with Crippen LogP contribution >= 0.6 is 0 Å². The minimum Gasteiger partial charge on any atom is -0.478 e. The molecule has 0 radical (unpaired) electrons. The van der Waals surface area contributed by atoms with Crippen molar-refractivity contribution in [2.24, 2.45) is 0 Å². The Kier molecular flexibility index (Phi) is 4.65. The molecule has 7 heteroatoms. The Morgan fingerprint density at radius 3 is 2.71 bits per heavy atom. The number of nitrogens with one attached hydrogen (secondary N) is 1. The van der Waals surface area contributed by atoms with Crippen LogP contribution in [0.5, 0.6) is 0 Å². The van der Waals surface area contributed by atoms with E-state index in [1.54, 1.807) is 6.07 Å². The minimum atomic E-state index is -3.75. The second kappa shape index (κ2) is 6.13. The summed E-state index contributed by atoms with van der Waals surface area (Å²) < 4.78 is 32.6. The monoisotopic (exact) mass is 313 g/mol. The lowest BCUT2D eigenvalue weighted by Gasteiger charge is -2.16. The standard InChI is InChI=1S/C14H19NO5S/c1-3-10-4-5-11(8-12(10)14(16)17)21(18,19)15-13-6-7-20-9(13)2/h4-5,8-9,13,15H,3,6-7H2,1-2H3,(H,16,17). The molecule has 2 atom stereocenters. The third-order valence-corrected chi connectivity index (χ3v) is 5.17. The van der Waals surface area contributed by atoms with Gasteiger partial charge in [0, 0.05) is 6.61 Å². The number of carboxylic acid groups (broad SMARTS) is 1. The lowest BCUT2D eigenvalue weighted by atomic mass is 10.1. The number of benzene rings is 1. The molecule has 1 aromatic rings. The van der Waals surface area contributed by atoms with Crippen LogP contribution in [0.3, 0.4) is 0 Å². The van der Waals surface area contributed by atoms with Crippen molar-refractivity contribution in [3.05, 3.63) is 29.3 Å². The van der Waals surface area contributed by atoms with E-state index in [-0.39, 0.29) is 22.6 Å². The van der Waals surface area contributed by atoms with Crippen molar-refractivity contribution >= 4 is 16.0 Å². The summed E-state index contributed by atoms with van der Waals surface area (Å²) >= 11 is 0. The first kappa shape index (κ1) is 15.9. The molecule has 0 saturated carbocycles. The Labute approximate surface area is 124 Å². The Morgan fingerprint density at radius 1 is 1.48 bits per heavy atom. The van der Waals surface area contributed by atoms with E-state index in [9.17, 15) is 18.3 Å². The average molecular weight is 313 g/mol. The highest BCUT2D eigenvalue weighted by Crippen LogP contribution is 2.20. The molecule has 2 rings (SSSR count). The summed E-state index contributed by atoms with van der Waals surface area (Å²) in [7, 11) is -3.75. The fourth-order valence-corrected chi connectivity index (χ4v) is 3.75. The van der Waals surface area contributed by atoms with Crippen molar-refractivity contribution in [2.75, 3.05) is 6.61 Å². The predicted octanol–water partition coefficient (Wildman–Crippen LogP) is 1.40. The smallest absolute Gasteiger partial charge is 0.336 e. The molecular formula is C14H19NO5S. The van der Waals surface area contributed by atoms with E-state index in [2.05, 4.69) is 4.72 Å². The fraction of sp³-hybridized carbons (Fsp3) is 0.500. The maximum atomic E-state index is 12.3. The molecule has 0 amide bonds. The first-order chi connectivity index (χ1) is 9.85. The summed E-state index contributed by atoms with van der Waals surface area (Å²) in [5, 5.41) is 9.18. The molecule has 116 valence electrons. The second-order valence-electron chi connectivity index (χ2n) is 5.07. The molecular weight excluding hydrogens is 294 g/mol. The van der Waals surface area contributed by atoms with Crippen LogP contribution in [-0.2, 0) is 21.2 Å². The van der Waals surface area contributed by atoms with Gasteiger partial charge in [-0.2, -0.15) is 0 Å². The van der Waals surface area contributed by atoms with E-state index in [1.165, 1.54) is 12.1 Å². The lowest BCUT2D eigenvalue weighted by molar-refractivity contribution is 0.0695. The molecule has 0 aromatic heterocycles. The summed E-state index contributed by atoms with van der Waals surface area (Å²) in [6, 6.07) is 3.92. The zero-order chi connectivity index (χ0) is 15.6. The molecule has 1 saturated heterocycles. The Hall–Kier alpha value is -1.44. The zero-order valence-electron chi connectivity index (χ0n) is 12.0. The SMILES string of the molecule is CCc1ccc(S(=O)(=O)NC2CCOC2C)cc1C(=O)O. The highest BCUT2D eigenvalue weighted by Gasteiger charge is 2.29. The van der Waals surface area contributed by atoms with Crippen molar-refractivity contribution in [3.8, 4) is 0 Å². The lowest BCUT2D eigenvalue weighted by Crippen LogP contribution is -2.39. The van der Waals surface area contributed by atoms with Gasteiger partial charge in [0.15, 0.2) is 0 Å². The number of sulfonamides is 1. The topological polar surface area (TPSA) is 92.7 Å². The fourth-order valence-electron chi connectivity index (χ4n) is 2.38. The van der Waals surface area contributed by atoms with E-state index < -0.39 is 16.0 Å². The van der Waals surface area contributed by atoms with E-state index in [4.69, 9.17) is 4.74 Å². The third kappa shape index (κ3) is 3.42. The quantitative estimate of drug-likeness (QED) is 0.857. The Balaban J connectivity index is 2.31. The first-order valence-electron chi connectivity index (χ1n) is 6.85. The van der Waals surface area contributed by atoms with Crippen molar-refractivity contribution in [3.63, 3.8) is 0 Å². The largest absolute Gasteiger partial charge is 0.478 e. The van der Waals surface area contributed by atoms with Gasteiger partial charge >= 0.3 is 5.97 Å². The molecule has 2 unspecified atom stereocenters. The van der Waals surface area contributed by atoms with Crippen molar-refractivity contribution in [1.29, 1.82) is 0 Å². The van der Waals surface area contributed by atoms with Gasteiger partial charge in [0.25, 0.3) is 0 Å². The van der Waals surface area contributed by atoms with Gasteiger partial charge in [-0.15, -0.1) is 0 Å². The molecule has 2 N–H and O–H groups in total. The van der Waals surface area contributed by atoms with E-state index in [0.717, 1.165) is 0 Å². The maximum absolute atomic E-state index is 12.3. The number of aryl methyl sites for hydroxylation is 1. The number of hydrogen-bond acceptors (Lipinski definition) is 4. The van der Waals surface area contributed by atoms with Crippen LogP contribution in [0.1, 0.15) is 36.2 Å². The number of carbonyl (C=O) groups is 1. The van der Waals surface area contributed by atoms with Crippen LogP contribution in [0.25, 0.3) is 0 Å². The number of carboxylic acids is 1. The summed E-state index contributed by atoms with van der Waals surface area (Å²) in [4.78, 5) is 11.2. The number of rotatable bonds is 5. The van der Waals surface area contributed by atoms with Gasteiger partial charge in [0.2, 0.25) is 10.0 Å². The average Bonchev–Trinajstić information content (AvgIpc) is 2.82. The van der Waals surface area contributed by atoms with Gasteiger partial charge in [0.05, 0.1) is 22.6 Å². The first-order valence-corrected chi connectivity index (χ1v) is 8.33. The number of aromatic carboxylic acids is 1. The second-order valence-corrected chi connectivity index (χ2v) is 6.78. The minimum absolute atomic E-state index is 0.0242. The molecule has 6 nitrogen and oxygen atoms in total. The highest BCUT2D eigenvalue weighted by atomic mass is 32.2. The molecule has 1 fully saturated rings. The Morgan fingerprint density at radius 2 is 2.19 bits per heavy atom. The van der Waals surface area contributed by atoms with Crippen LogP contribution in [0.2, 0.25) is 0 Å². The van der Waals surface area contributed by atoms with E-state index in [0.29, 0.717) is 25.0 Å². The van der Waals surface area contributed by atoms with Gasteiger partial charge in [-0.05, 0) is 37.5 Å². The van der Waals surface area contributed by atoms with Crippen LogP contribution in [0, 0.1) is 0 Å². The summed E-state index contributed by atoms with van der Waals surface area (Å²) in [6.07, 6.45) is 0.955. The number of hydrogen-bond donors (Lipinski definition) is 2. The van der Waals surface area contributed by atoms with Crippen molar-refractivity contribution < 1.29 is 23.1 Å². The van der Waals surface area contributed by atoms with Crippen molar-refractivity contribution in [1.82, 2.24) is 4.72 Å². The predicted molar refractivity (Wildman–Crippen MR) is 76.9 cm³/mol. The molecule has 21 heavy (non-hydrogen) atoms. The normalized spacial score (nSPS) is 22.4. The van der Waals surface area contributed by atoms with E-state index >= 15 is 0 Å². The zero-order valence-corrected chi connectivity index (χ0v) is 12.8. The van der Waals surface area contributed by atoms with Crippen LogP contribution in [-0.4, -0.2) is 38.2 Å². The molecule has 1 heterocycles. The highest BCUT2D eigenvalue weighted by molar-refractivity contribution is 7.89. The maximum Gasteiger partial charge on any atom is 0.336 e. The summed E-state index contributed by atoms with van der Waals surface area (Å²) in [5.74, 6) is -1.12. The van der Waals surface area contributed by atoms with Gasteiger partial charge in [-0.1, -0.05) is 13.0 Å². The van der Waals surface area contributed by atoms with Gasteiger partial charge < -0.3 is 9.84 Å². The molecule has 0 aliphatic carbocycles. The summed E-state index contributed by atoms with van der Waals surface area (Å²) in [5.41, 5.74) is 0.634. The molecule has 1 aliphatic heterocycles. The van der Waals surface area contributed by atoms with Gasteiger partial charge in [-0.25, -0.2) is 17.9 Å². The van der Waals surface area contributed by atoms with E-state index in [1.807, 2.05) is 13.8 Å². The van der Waals surface area contributed by atoms with Crippen molar-refractivity contribution in [2.45, 2.75) is 43.7 Å². The van der Waals surface area contributed by atoms with Crippen LogP contribution in [0.4, 0.5) is 0 Å². The third-order valence-electron chi connectivity index (χ3n) is 3.69. The summed E-state index contributed by atoms with van der Waals surface area (Å²) in [6.45, 7) is 4.15. The van der Waals surface area contributed by atoms with Crippen LogP contribution in [0.15, 0.2) is 23.1 Å². The molecule has 0 spiro atoms.